The summed E-state index contributed by atoms with van der Waals surface area (Å²) in [5.74, 6) is 0.801. The number of likely N-dealkylation sites (N-methyl/N-ethyl adjacent to an activating group) is 1. The van der Waals surface area contributed by atoms with Gasteiger partial charge in [-0.15, -0.1) is 0 Å². The van der Waals surface area contributed by atoms with Crippen molar-refractivity contribution >= 4 is 0 Å². The van der Waals surface area contributed by atoms with Gasteiger partial charge in [0.15, 0.2) is 0 Å². The van der Waals surface area contributed by atoms with Gasteiger partial charge in [0, 0.05) is 11.6 Å². The number of rotatable bonds is 1. The maximum atomic E-state index is 9.72. The molecule has 2 bridgehead atoms. The fourth-order valence-corrected chi connectivity index (χ4v) is 3.20. The average molecular weight is 169 g/mol. The minimum absolute atomic E-state index is 0.141. The van der Waals surface area contributed by atoms with Gasteiger partial charge in [0.05, 0.1) is 6.10 Å². The molecule has 0 spiro atoms. The van der Waals surface area contributed by atoms with Crippen LogP contribution in [0.15, 0.2) is 0 Å². The lowest BCUT2D eigenvalue weighted by molar-refractivity contribution is -0.165. The van der Waals surface area contributed by atoms with Crippen LogP contribution in [0.2, 0.25) is 0 Å². The first-order valence-electron chi connectivity index (χ1n) is 4.97. The van der Waals surface area contributed by atoms with Gasteiger partial charge in [0.1, 0.15) is 0 Å². The highest BCUT2D eigenvalue weighted by Crippen LogP contribution is 2.50. The Labute approximate surface area is 74.6 Å². The van der Waals surface area contributed by atoms with Crippen molar-refractivity contribution in [2.24, 2.45) is 5.92 Å². The van der Waals surface area contributed by atoms with Crippen LogP contribution in [-0.2, 0) is 0 Å². The van der Waals surface area contributed by atoms with Gasteiger partial charge >= 0.3 is 0 Å². The Morgan fingerprint density at radius 2 is 2.17 bits per heavy atom. The number of nitrogens with zero attached hydrogens (tertiary/aromatic N) is 1. The fraction of sp³-hybridized carbons (Fsp3) is 1.00. The van der Waals surface area contributed by atoms with Crippen LogP contribution in [0.4, 0.5) is 0 Å². The average Bonchev–Trinajstić information content (AvgIpc) is 2.02. The molecule has 2 heterocycles. The maximum Gasteiger partial charge on any atom is 0.0696 e. The van der Waals surface area contributed by atoms with E-state index in [2.05, 4.69) is 18.9 Å². The van der Waals surface area contributed by atoms with Crippen molar-refractivity contribution in [1.82, 2.24) is 4.90 Å². The first kappa shape index (κ1) is 8.52. The summed E-state index contributed by atoms with van der Waals surface area (Å²) in [5, 5.41) is 9.72. The van der Waals surface area contributed by atoms with E-state index in [4.69, 9.17) is 0 Å². The molecule has 1 saturated carbocycles. The van der Waals surface area contributed by atoms with E-state index in [1.807, 2.05) is 6.92 Å². The highest BCUT2D eigenvalue weighted by Gasteiger charge is 2.56. The molecule has 2 heteroatoms. The summed E-state index contributed by atoms with van der Waals surface area (Å²) in [6.45, 7) is 4.24. The molecule has 3 fully saturated rings. The first-order valence-corrected chi connectivity index (χ1v) is 4.97. The van der Waals surface area contributed by atoms with Crippen molar-refractivity contribution in [3.05, 3.63) is 0 Å². The standard InChI is InChI=1S/C10H19NO/c1-7-4-9-6-10(5-7,8(2)12)11(9)3/h7-9,12H,4-6H2,1-3H3. The number of aliphatic hydroxyl groups is 1. The van der Waals surface area contributed by atoms with Crippen LogP contribution in [0.1, 0.15) is 33.1 Å². The van der Waals surface area contributed by atoms with Crippen molar-refractivity contribution < 1.29 is 5.11 Å². The van der Waals surface area contributed by atoms with Crippen LogP contribution in [0.25, 0.3) is 0 Å². The number of piperidine rings is 1. The highest BCUT2D eigenvalue weighted by molar-refractivity contribution is 5.12. The second-order valence-corrected chi connectivity index (χ2v) is 4.79. The molecule has 1 N–H and O–H groups in total. The molecule has 2 nitrogen and oxygen atoms in total. The predicted molar refractivity (Wildman–Crippen MR) is 49.0 cm³/mol. The zero-order valence-electron chi connectivity index (χ0n) is 8.25. The normalized spacial score (nSPS) is 50.0. The third-order valence-electron chi connectivity index (χ3n) is 3.99. The SMILES string of the molecule is CC1CC2CC(C(C)O)(C1)N2C. The predicted octanol–water partition coefficient (Wildman–Crippen LogP) is 1.24. The molecule has 0 aromatic heterocycles. The molecular formula is C10H19NO. The Balaban J connectivity index is 2.16. The van der Waals surface area contributed by atoms with Gasteiger partial charge in [-0.3, -0.25) is 4.90 Å². The van der Waals surface area contributed by atoms with Crippen LogP contribution < -0.4 is 0 Å². The molecule has 2 aliphatic heterocycles. The molecule has 70 valence electrons. The van der Waals surface area contributed by atoms with Gasteiger partial charge in [-0.25, -0.2) is 0 Å². The Morgan fingerprint density at radius 3 is 2.58 bits per heavy atom. The van der Waals surface area contributed by atoms with Crippen molar-refractivity contribution in [3.8, 4) is 0 Å². The highest BCUT2D eigenvalue weighted by atomic mass is 16.3. The van der Waals surface area contributed by atoms with E-state index >= 15 is 0 Å². The first-order chi connectivity index (χ1) is 5.56. The molecule has 4 atom stereocenters. The lowest BCUT2D eigenvalue weighted by Gasteiger charge is -2.64. The molecule has 0 aromatic rings. The Bertz CT molecular complexity index is 192. The number of aliphatic hydroxyl groups excluding tert-OH is 1. The molecular weight excluding hydrogens is 150 g/mol. The molecule has 12 heavy (non-hydrogen) atoms. The number of fused-ring (bicyclic) bond motifs is 2. The molecule has 1 aliphatic carbocycles. The van der Waals surface area contributed by atoms with Gasteiger partial charge in [-0.2, -0.15) is 0 Å². The van der Waals surface area contributed by atoms with Crippen molar-refractivity contribution in [3.63, 3.8) is 0 Å². The molecule has 0 aromatic carbocycles. The zero-order valence-corrected chi connectivity index (χ0v) is 8.25. The number of hydrogen-bond acceptors (Lipinski definition) is 2. The molecule has 0 radical (unpaired) electrons. The summed E-state index contributed by atoms with van der Waals surface area (Å²) in [7, 11) is 2.16. The van der Waals surface area contributed by atoms with Crippen LogP contribution in [-0.4, -0.2) is 34.7 Å². The zero-order chi connectivity index (χ0) is 8.93. The summed E-state index contributed by atoms with van der Waals surface area (Å²) < 4.78 is 0. The minimum Gasteiger partial charge on any atom is -0.391 e. The second-order valence-electron chi connectivity index (χ2n) is 4.79. The fourth-order valence-electron chi connectivity index (χ4n) is 3.20. The van der Waals surface area contributed by atoms with Crippen LogP contribution >= 0.6 is 0 Å². The van der Waals surface area contributed by atoms with E-state index in [1.54, 1.807) is 0 Å². The summed E-state index contributed by atoms with van der Waals surface area (Å²) >= 11 is 0. The van der Waals surface area contributed by atoms with E-state index < -0.39 is 0 Å². The van der Waals surface area contributed by atoms with E-state index in [-0.39, 0.29) is 11.6 Å². The lowest BCUT2D eigenvalue weighted by Crippen LogP contribution is -2.72. The summed E-state index contributed by atoms with van der Waals surface area (Å²) in [6.07, 6.45) is 3.55. The number of hydrogen-bond donors (Lipinski definition) is 1. The lowest BCUT2D eigenvalue weighted by atomic mass is 9.62. The van der Waals surface area contributed by atoms with E-state index in [0.29, 0.717) is 0 Å². The maximum absolute atomic E-state index is 9.72. The quantitative estimate of drug-likeness (QED) is 0.638. The van der Waals surface area contributed by atoms with E-state index in [0.717, 1.165) is 12.0 Å². The smallest absolute Gasteiger partial charge is 0.0696 e. The van der Waals surface area contributed by atoms with Gasteiger partial charge in [0.2, 0.25) is 0 Å². The summed E-state index contributed by atoms with van der Waals surface area (Å²) in [6, 6.07) is 0.753. The third kappa shape index (κ3) is 0.882. The van der Waals surface area contributed by atoms with Gasteiger partial charge in [-0.1, -0.05) is 6.92 Å². The third-order valence-corrected chi connectivity index (χ3v) is 3.99. The Hall–Kier alpha value is -0.0800. The second kappa shape index (κ2) is 2.46. The molecule has 0 amide bonds. The molecule has 2 saturated heterocycles. The van der Waals surface area contributed by atoms with Gasteiger partial charge in [-0.05, 0) is 39.2 Å². The van der Waals surface area contributed by atoms with Crippen LogP contribution in [0.5, 0.6) is 0 Å². The van der Waals surface area contributed by atoms with Crippen LogP contribution in [0, 0.1) is 5.92 Å². The minimum atomic E-state index is -0.165. The largest absolute Gasteiger partial charge is 0.391 e. The monoisotopic (exact) mass is 169 g/mol. The topological polar surface area (TPSA) is 23.5 Å². The van der Waals surface area contributed by atoms with E-state index in [1.165, 1.54) is 19.3 Å². The van der Waals surface area contributed by atoms with E-state index in [9.17, 15) is 5.11 Å². The molecule has 3 rings (SSSR count). The molecule has 4 unspecified atom stereocenters. The molecule has 3 aliphatic rings. The Kier molecular flexibility index (Phi) is 1.74. The van der Waals surface area contributed by atoms with Crippen molar-refractivity contribution in [2.75, 3.05) is 7.05 Å². The van der Waals surface area contributed by atoms with Crippen molar-refractivity contribution in [2.45, 2.75) is 50.8 Å². The van der Waals surface area contributed by atoms with Gasteiger partial charge in [0.25, 0.3) is 0 Å². The van der Waals surface area contributed by atoms with Gasteiger partial charge < -0.3 is 5.11 Å². The Morgan fingerprint density at radius 1 is 1.50 bits per heavy atom. The van der Waals surface area contributed by atoms with Crippen LogP contribution in [0.3, 0.4) is 0 Å². The van der Waals surface area contributed by atoms with Crippen molar-refractivity contribution in [1.29, 1.82) is 0 Å². The summed E-state index contributed by atoms with van der Waals surface area (Å²) in [5.41, 5.74) is 0.141. The summed E-state index contributed by atoms with van der Waals surface area (Å²) in [4.78, 5) is 2.39.